The highest BCUT2D eigenvalue weighted by Gasteiger charge is 2.70. The summed E-state index contributed by atoms with van der Waals surface area (Å²) in [6.07, 6.45) is 8.89. The van der Waals surface area contributed by atoms with Crippen molar-refractivity contribution < 1.29 is 29.3 Å². The smallest absolute Gasteiger partial charge is 0.336 e. The lowest BCUT2D eigenvalue weighted by Gasteiger charge is -2.64. The third kappa shape index (κ3) is 3.39. The SMILES string of the molecule is CCO[C@]12CC=CC(=O)[C@]1(C)[C@H]1CC[C@]3(C)[C@@H]([C@H](C)[C@H]4CC(C)=C(CO)C(=O)O4)CC[C@H]3[C@@H]1C[C@H]2O. The van der Waals surface area contributed by atoms with Crippen LogP contribution in [0.3, 0.4) is 0 Å². The van der Waals surface area contributed by atoms with Crippen LogP contribution in [0.15, 0.2) is 23.3 Å². The van der Waals surface area contributed by atoms with Crippen molar-refractivity contribution in [3.05, 3.63) is 23.3 Å². The van der Waals surface area contributed by atoms with Crippen LogP contribution in [0.4, 0.5) is 0 Å². The quantitative estimate of drug-likeness (QED) is 0.544. The number of carbonyl (C=O) groups is 2. The van der Waals surface area contributed by atoms with Gasteiger partial charge in [0.05, 0.1) is 23.7 Å². The number of carbonyl (C=O) groups excluding carboxylic acids is 2. The fraction of sp³-hybridized carbons (Fsp3) is 0.800. The van der Waals surface area contributed by atoms with Crippen LogP contribution in [0.2, 0.25) is 0 Å². The molecule has 6 heteroatoms. The standard InChI is InChI=1S/C30H44O6/c1-6-35-30-12-7-8-25(32)29(30,5)23-11-13-28(4)21(9-10-22(28)19(23)15-26(30)33)18(3)24-14-17(2)20(16-31)27(34)36-24/h7-8,18-19,21-24,26,31,33H,6,9-16H2,1-5H3/t18-,19-,21+,22-,23-,24+,26+,28+,29-,30-/m0/s1. The minimum atomic E-state index is -0.835. The second-order valence-corrected chi connectivity index (χ2v) is 12.8. The molecule has 0 unspecified atom stereocenters. The highest BCUT2D eigenvalue weighted by Crippen LogP contribution is 2.69. The molecule has 3 saturated carbocycles. The monoisotopic (exact) mass is 500 g/mol. The zero-order valence-corrected chi connectivity index (χ0v) is 22.6. The highest BCUT2D eigenvalue weighted by atomic mass is 16.5. The Hall–Kier alpha value is -1.50. The van der Waals surface area contributed by atoms with Crippen molar-refractivity contribution in [3.63, 3.8) is 0 Å². The Morgan fingerprint density at radius 2 is 1.94 bits per heavy atom. The van der Waals surface area contributed by atoms with Crippen LogP contribution in [0.1, 0.15) is 79.6 Å². The number of cyclic esters (lactones) is 1. The number of allylic oxidation sites excluding steroid dienone is 1. The Labute approximate surface area is 215 Å². The Morgan fingerprint density at radius 3 is 2.61 bits per heavy atom. The van der Waals surface area contributed by atoms with Gasteiger partial charge in [-0.2, -0.15) is 0 Å². The summed E-state index contributed by atoms with van der Waals surface area (Å²) in [5.74, 6) is 1.26. The van der Waals surface area contributed by atoms with Gasteiger partial charge in [0.25, 0.3) is 0 Å². The summed E-state index contributed by atoms with van der Waals surface area (Å²) in [4.78, 5) is 26.1. The normalized spacial score (nSPS) is 47.2. The molecule has 0 bridgehead atoms. The molecule has 10 atom stereocenters. The van der Waals surface area contributed by atoms with Gasteiger partial charge in [0.1, 0.15) is 11.7 Å². The Bertz CT molecular complexity index is 984. The summed E-state index contributed by atoms with van der Waals surface area (Å²) < 4.78 is 12.2. The van der Waals surface area contributed by atoms with Crippen LogP contribution in [-0.4, -0.2) is 53.0 Å². The number of rotatable bonds is 5. The second-order valence-electron chi connectivity index (χ2n) is 12.8. The predicted molar refractivity (Wildman–Crippen MR) is 136 cm³/mol. The first kappa shape index (κ1) is 26.1. The molecule has 0 aromatic carbocycles. The van der Waals surface area contributed by atoms with Gasteiger partial charge in [-0.25, -0.2) is 4.79 Å². The van der Waals surface area contributed by atoms with Crippen molar-refractivity contribution in [2.24, 2.45) is 40.4 Å². The molecule has 3 fully saturated rings. The number of ketones is 1. The molecule has 36 heavy (non-hydrogen) atoms. The maximum atomic E-state index is 13.5. The number of aliphatic hydroxyl groups excluding tert-OH is 2. The van der Waals surface area contributed by atoms with Crippen LogP contribution >= 0.6 is 0 Å². The lowest BCUT2D eigenvalue weighted by Crippen LogP contribution is -2.70. The Balaban J connectivity index is 1.43. The van der Waals surface area contributed by atoms with E-state index in [0.29, 0.717) is 43.3 Å². The molecule has 0 aromatic rings. The van der Waals surface area contributed by atoms with Gasteiger partial charge >= 0.3 is 5.97 Å². The summed E-state index contributed by atoms with van der Waals surface area (Å²) in [5, 5.41) is 21.2. The van der Waals surface area contributed by atoms with E-state index in [-0.39, 0.29) is 47.6 Å². The van der Waals surface area contributed by atoms with Crippen LogP contribution < -0.4 is 0 Å². The molecule has 1 aliphatic heterocycles. The molecular weight excluding hydrogens is 456 g/mol. The lowest BCUT2D eigenvalue weighted by molar-refractivity contribution is -0.250. The number of esters is 1. The summed E-state index contributed by atoms with van der Waals surface area (Å²) in [6, 6.07) is 0. The summed E-state index contributed by atoms with van der Waals surface area (Å²) in [5.41, 5.74) is -0.126. The second kappa shape index (κ2) is 9.06. The van der Waals surface area contributed by atoms with E-state index in [0.717, 1.165) is 31.3 Å². The van der Waals surface area contributed by atoms with Crippen LogP contribution in [0.5, 0.6) is 0 Å². The molecule has 0 saturated heterocycles. The van der Waals surface area contributed by atoms with Crippen molar-refractivity contribution in [1.29, 1.82) is 0 Å². The fourth-order valence-corrected chi connectivity index (χ4v) is 9.76. The zero-order chi connectivity index (χ0) is 26.0. The van der Waals surface area contributed by atoms with Crippen molar-refractivity contribution in [2.45, 2.75) is 97.4 Å². The van der Waals surface area contributed by atoms with Gasteiger partial charge in [-0.1, -0.05) is 25.5 Å². The first-order valence-corrected chi connectivity index (χ1v) is 14.1. The van der Waals surface area contributed by atoms with Crippen molar-refractivity contribution in [2.75, 3.05) is 13.2 Å². The number of hydrogen-bond donors (Lipinski definition) is 2. The van der Waals surface area contributed by atoms with Crippen LogP contribution in [-0.2, 0) is 19.1 Å². The summed E-state index contributed by atoms with van der Waals surface area (Å²) >= 11 is 0. The Morgan fingerprint density at radius 1 is 1.19 bits per heavy atom. The summed E-state index contributed by atoms with van der Waals surface area (Å²) in [7, 11) is 0. The molecule has 0 aromatic heterocycles. The summed E-state index contributed by atoms with van der Waals surface area (Å²) in [6.45, 7) is 10.8. The molecule has 2 N–H and O–H groups in total. The van der Waals surface area contributed by atoms with Crippen LogP contribution in [0, 0.1) is 40.4 Å². The molecule has 1 heterocycles. The molecule has 4 aliphatic carbocycles. The number of ether oxygens (including phenoxy) is 2. The van der Waals surface area contributed by atoms with E-state index >= 15 is 0 Å². The van der Waals surface area contributed by atoms with E-state index in [1.54, 1.807) is 6.08 Å². The predicted octanol–water partition coefficient (Wildman–Crippen LogP) is 4.38. The number of fused-ring (bicyclic) bond motifs is 5. The number of hydrogen-bond acceptors (Lipinski definition) is 6. The zero-order valence-electron chi connectivity index (χ0n) is 22.6. The molecule has 6 nitrogen and oxygen atoms in total. The van der Waals surface area contributed by atoms with Gasteiger partial charge in [-0.15, -0.1) is 0 Å². The van der Waals surface area contributed by atoms with Gasteiger partial charge in [0, 0.05) is 13.0 Å². The minimum absolute atomic E-state index is 0.0805. The first-order valence-electron chi connectivity index (χ1n) is 14.1. The van der Waals surface area contributed by atoms with Gasteiger partial charge < -0.3 is 19.7 Å². The first-order chi connectivity index (χ1) is 17.0. The largest absolute Gasteiger partial charge is 0.458 e. The van der Waals surface area contributed by atoms with E-state index in [1.165, 1.54) is 0 Å². The maximum absolute atomic E-state index is 13.5. The third-order valence-corrected chi connectivity index (χ3v) is 11.7. The van der Waals surface area contributed by atoms with E-state index in [1.807, 2.05) is 19.9 Å². The highest BCUT2D eigenvalue weighted by molar-refractivity contribution is 5.97. The lowest BCUT2D eigenvalue weighted by atomic mass is 9.42. The third-order valence-electron chi connectivity index (χ3n) is 11.7. The van der Waals surface area contributed by atoms with Crippen LogP contribution in [0.25, 0.3) is 0 Å². The maximum Gasteiger partial charge on any atom is 0.336 e. The Kier molecular flexibility index (Phi) is 6.57. The van der Waals surface area contributed by atoms with E-state index in [2.05, 4.69) is 20.8 Å². The van der Waals surface area contributed by atoms with Crippen molar-refractivity contribution >= 4 is 11.8 Å². The topological polar surface area (TPSA) is 93.1 Å². The molecule has 5 rings (SSSR count). The van der Waals surface area contributed by atoms with E-state index in [4.69, 9.17) is 9.47 Å². The molecule has 0 amide bonds. The molecule has 0 spiro atoms. The molecule has 0 radical (unpaired) electrons. The average molecular weight is 501 g/mol. The van der Waals surface area contributed by atoms with Gasteiger partial charge in [0.2, 0.25) is 0 Å². The van der Waals surface area contributed by atoms with Crippen molar-refractivity contribution in [1.82, 2.24) is 0 Å². The van der Waals surface area contributed by atoms with Gasteiger partial charge in [-0.3, -0.25) is 4.79 Å². The molecule has 200 valence electrons. The fourth-order valence-electron chi connectivity index (χ4n) is 9.76. The van der Waals surface area contributed by atoms with E-state index in [9.17, 15) is 19.8 Å². The van der Waals surface area contributed by atoms with Gasteiger partial charge in [-0.05, 0) is 100 Å². The van der Waals surface area contributed by atoms with Crippen molar-refractivity contribution in [3.8, 4) is 0 Å². The molecular formula is C30H44O6. The average Bonchev–Trinajstić information content (AvgIpc) is 3.18. The number of aliphatic hydroxyl groups is 2. The van der Waals surface area contributed by atoms with Gasteiger partial charge in [0.15, 0.2) is 5.78 Å². The van der Waals surface area contributed by atoms with E-state index < -0.39 is 17.1 Å². The minimum Gasteiger partial charge on any atom is -0.458 e. The molecule has 5 aliphatic rings.